The molecular formula is C28H28N2O6. The van der Waals surface area contributed by atoms with Crippen molar-refractivity contribution < 1.29 is 28.3 Å². The van der Waals surface area contributed by atoms with Crippen molar-refractivity contribution in [2.24, 2.45) is 5.10 Å². The highest BCUT2D eigenvalue weighted by atomic mass is 16.5. The molecule has 1 aliphatic heterocycles. The zero-order chi connectivity index (χ0) is 25.7. The largest absolute Gasteiger partial charge is 0.497 e. The van der Waals surface area contributed by atoms with Crippen LogP contribution in [0, 0.1) is 13.8 Å². The molecule has 8 nitrogen and oxygen atoms in total. The molecule has 0 radical (unpaired) electrons. The lowest BCUT2D eigenvalue weighted by atomic mass is 9.99. The Bertz CT molecular complexity index is 1280. The normalized spacial score (nSPS) is 14.9. The molecule has 3 aromatic rings. The number of carbonyl (C=O) groups is 3. The van der Waals surface area contributed by atoms with Crippen LogP contribution in [-0.2, 0) is 14.3 Å². The number of hydrogen-bond donors (Lipinski definition) is 0. The lowest BCUT2D eigenvalue weighted by Crippen LogP contribution is -2.31. The third-order valence-corrected chi connectivity index (χ3v) is 6.07. The van der Waals surface area contributed by atoms with Crippen LogP contribution in [0.3, 0.4) is 0 Å². The molecule has 4 rings (SSSR count). The first-order valence-corrected chi connectivity index (χ1v) is 11.7. The van der Waals surface area contributed by atoms with Gasteiger partial charge in [0.25, 0.3) is 5.91 Å². The molecular weight excluding hydrogens is 460 g/mol. The molecule has 0 N–H and O–H groups in total. The fourth-order valence-electron chi connectivity index (χ4n) is 4.07. The molecule has 0 fully saturated rings. The van der Waals surface area contributed by atoms with Crippen LogP contribution in [0.2, 0.25) is 0 Å². The van der Waals surface area contributed by atoms with Crippen LogP contribution in [0.1, 0.15) is 58.1 Å². The highest BCUT2D eigenvalue weighted by Gasteiger charge is 2.35. The monoisotopic (exact) mass is 488 g/mol. The number of hydrogen-bond acceptors (Lipinski definition) is 7. The molecule has 1 unspecified atom stereocenters. The Morgan fingerprint density at radius 1 is 1.06 bits per heavy atom. The van der Waals surface area contributed by atoms with Gasteiger partial charge in [0, 0.05) is 18.4 Å². The number of hydrazone groups is 1. The molecule has 1 amide bonds. The predicted octanol–water partition coefficient (Wildman–Crippen LogP) is 4.79. The number of benzene rings is 2. The topological polar surface area (TPSA) is 98.4 Å². The van der Waals surface area contributed by atoms with Gasteiger partial charge in [-0.3, -0.25) is 14.4 Å². The van der Waals surface area contributed by atoms with Crippen LogP contribution in [0.5, 0.6) is 5.75 Å². The van der Waals surface area contributed by atoms with Crippen molar-refractivity contribution >= 4 is 23.4 Å². The van der Waals surface area contributed by atoms with E-state index >= 15 is 0 Å². The SMILES string of the molecule is COc1ccc(C2=NN(C(=O)COC(=O)CCC(=O)c3cc(C)ccc3C)C(c3ccco3)C2)cc1. The maximum Gasteiger partial charge on any atom is 0.306 e. The number of nitrogens with zero attached hydrogens (tertiary/aromatic N) is 2. The predicted molar refractivity (Wildman–Crippen MR) is 133 cm³/mol. The van der Waals surface area contributed by atoms with E-state index in [1.54, 1.807) is 19.2 Å². The highest BCUT2D eigenvalue weighted by molar-refractivity contribution is 6.03. The number of ether oxygens (including phenoxy) is 2. The summed E-state index contributed by atoms with van der Waals surface area (Å²) in [5.41, 5.74) is 3.99. The van der Waals surface area contributed by atoms with E-state index < -0.39 is 24.5 Å². The van der Waals surface area contributed by atoms with Gasteiger partial charge >= 0.3 is 5.97 Å². The second kappa shape index (κ2) is 11.0. The Hall–Kier alpha value is -4.20. The molecule has 0 saturated heterocycles. The number of amides is 1. The summed E-state index contributed by atoms with van der Waals surface area (Å²) in [5, 5.41) is 5.81. The molecule has 1 aromatic heterocycles. The standard InChI is InChI=1S/C28H28N2O6/c1-18-6-7-19(2)22(15-18)25(31)12-13-28(33)36-17-27(32)30-24(26-5-4-14-35-26)16-23(29-30)20-8-10-21(34-3)11-9-20/h4-11,14-15,24H,12-13,16-17H2,1-3H3. The van der Waals surface area contributed by atoms with Crippen molar-refractivity contribution in [1.29, 1.82) is 0 Å². The smallest absolute Gasteiger partial charge is 0.306 e. The highest BCUT2D eigenvalue weighted by Crippen LogP contribution is 2.33. The van der Waals surface area contributed by atoms with Crippen LogP contribution >= 0.6 is 0 Å². The summed E-state index contributed by atoms with van der Waals surface area (Å²) in [5.74, 6) is 0.0757. The Morgan fingerprint density at radius 2 is 1.83 bits per heavy atom. The Kier molecular flexibility index (Phi) is 7.63. The third-order valence-electron chi connectivity index (χ3n) is 6.07. The zero-order valence-electron chi connectivity index (χ0n) is 20.5. The van der Waals surface area contributed by atoms with Crippen molar-refractivity contribution in [3.8, 4) is 5.75 Å². The summed E-state index contributed by atoms with van der Waals surface area (Å²) in [4.78, 5) is 37.8. The summed E-state index contributed by atoms with van der Waals surface area (Å²) in [6.07, 6.45) is 1.89. The van der Waals surface area contributed by atoms with Gasteiger partial charge < -0.3 is 13.9 Å². The summed E-state index contributed by atoms with van der Waals surface area (Å²) in [6, 6.07) is 16.1. The van der Waals surface area contributed by atoms with Gasteiger partial charge in [-0.25, -0.2) is 5.01 Å². The van der Waals surface area contributed by atoms with Crippen molar-refractivity contribution in [2.45, 2.75) is 39.2 Å². The number of rotatable bonds is 9. The van der Waals surface area contributed by atoms with Crippen molar-refractivity contribution in [3.63, 3.8) is 0 Å². The minimum atomic E-state index is -0.616. The minimum absolute atomic E-state index is 0.00974. The number of methoxy groups -OCH3 is 1. The van der Waals surface area contributed by atoms with E-state index in [9.17, 15) is 14.4 Å². The molecule has 36 heavy (non-hydrogen) atoms. The van der Waals surface area contributed by atoms with Crippen LogP contribution < -0.4 is 4.74 Å². The molecule has 8 heteroatoms. The quantitative estimate of drug-likeness (QED) is 0.317. The Morgan fingerprint density at radius 3 is 2.53 bits per heavy atom. The summed E-state index contributed by atoms with van der Waals surface area (Å²) in [6.45, 7) is 3.29. The van der Waals surface area contributed by atoms with E-state index in [2.05, 4.69) is 5.10 Å². The molecule has 2 heterocycles. The fraction of sp³-hybridized carbons (Fsp3) is 0.286. The van der Waals surface area contributed by atoms with Crippen molar-refractivity contribution in [3.05, 3.63) is 88.9 Å². The van der Waals surface area contributed by atoms with Crippen LogP contribution in [0.15, 0.2) is 70.4 Å². The van der Waals surface area contributed by atoms with Crippen LogP contribution in [-0.4, -0.2) is 42.1 Å². The summed E-state index contributed by atoms with van der Waals surface area (Å²) < 4.78 is 15.9. The zero-order valence-corrected chi connectivity index (χ0v) is 20.5. The lowest BCUT2D eigenvalue weighted by molar-refractivity contribution is -0.152. The first-order chi connectivity index (χ1) is 17.4. The van der Waals surface area contributed by atoms with Gasteiger partial charge in [-0.2, -0.15) is 5.10 Å². The first-order valence-electron chi connectivity index (χ1n) is 11.7. The number of carbonyl (C=O) groups excluding carboxylic acids is 3. The van der Waals surface area contributed by atoms with Gasteiger partial charge in [0.1, 0.15) is 17.6 Å². The molecule has 186 valence electrons. The van der Waals surface area contributed by atoms with Crippen LogP contribution in [0.25, 0.3) is 0 Å². The van der Waals surface area contributed by atoms with Gasteiger partial charge in [-0.15, -0.1) is 0 Å². The maximum absolute atomic E-state index is 13.0. The second-order valence-corrected chi connectivity index (χ2v) is 8.65. The molecule has 1 atom stereocenters. The molecule has 0 spiro atoms. The molecule has 0 saturated carbocycles. The van der Waals surface area contributed by atoms with Gasteiger partial charge in [0.15, 0.2) is 12.4 Å². The average Bonchev–Trinajstić information content (AvgIpc) is 3.57. The first kappa shape index (κ1) is 24.9. The minimum Gasteiger partial charge on any atom is -0.497 e. The Labute approximate surface area is 209 Å². The van der Waals surface area contributed by atoms with Gasteiger partial charge in [-0.1, -0.05) is 17.7 Å². The van der Waals surface area contributed by atoms with E-state index in [1.807, 2.05) is 56.3 Å². The second-order valence-electron chi connectivity index (χ2n) is 8.65. The number of esters is 1. The van der Waals surface area contributed by atoms with Gasteiger partial charge in [0.2, 0.25) is 0 Å². The maximum atomic E-state index is 13.0. The molecule has 0 bridgehead atoms. The molecule has 1 aliphatic rings. The lowest BCUT2D eigenvalue weighted by Gasteiger charge is -2.19. The van der Waals surface area contributed by atoms with Crippen molar-refractivity contribution in [1.82, 2.24) is 5.01 Å². The molecule has 0 aliphatic carbocycles. The van der Waals surface area contributed by atoms with E-state index in [4.69, 9.17) is 13.9 Å². The third kappa shape index (κ3) is 5.71. The number of ketones is 1. The van der Waals surface area contributed by atoms with E-state index in [1.165, 1.54) is 11.3 Å². The van der Waals surface area contributed by atoms with E-state index in [-0.39, 0.29) is 18.6 Å². The summed E-state index contributed by atoms with van der Waals surface area (Å²) >= 11 is 0. The van der Waals surface area contributed by atoms with E-state index in [0.717, 1.165) is 22.4 Å². The number of aryl methyl sites for hydroxylation is 2. The van der Waals surface area contributed by atoms with Crippen molar-refractivity contribution in [2.75, 3.05) is 13.7 Å². The Balaban J connectivity index is 1.38. The van der Waals surface area contributed by atoms with E-state index in [0.29, 0.717) is 23.5 Å². The van der Waals surface area contributed by atoms with Gasteiger partial charge in [-0.05, 0) is 67.4 Å². The van der Waals surface area contributed by atoms with Gasteiger partial charge in [0.05, 0.1) is 25.5 Å². The fourth-order valence-corrected chi connectivity index (χ4v) is 4.07. The average molecular weight is 489 g/mol. The molecule has 2 aromatic carbocycles. The van der Waals surface area contributed by atoms with Crippen LogP contribution in [0.4, 0.5) is 0 Å². The number of furan rings is 1. The summed E-state index contributed by atoms with van der Waals surface area (Å²) in [7, 11) is 1.59. The number of Topliss-reactive ketones (excluding diaryl/α,β-unsaturated/α-hetero) is 1.